The Morgan fingerprint density at radius 1 is 1.29 bits per heavy atom. The summed E-state index contributed by atoms with van der Waals surface area (Å²) >= 11 is 0. The monoisotopic (exact) mass is 289 g/mol. The molecular formula is C17H23NO3. The van der Waals surface area contributed by atoms with Gasteiger partial charge in [-0.05, 0) is 38.3 Å². The van der Waals surface area contributed by atoms with Crippen molar-refractivity contribution in [2.45, 2.75) is 32.2 Å². The smallest absolute Gasteiger partial charge is 0.250 e. The van der Waals surface area contributed by atoms with Crippen LogP contribution in [0.1, 0.15) is 30.9 Å². The van der Waals surface area contributed by atoms with Crippen LogP contribution in [0.5, 0.6) is 0 Å². The van der Waals surface area contributed by atoms with Crippen molar-refractivity contribution in [3.8, 4) is 0 Å². The second-order valence-corrected chi connectivity index (χ2v) is 5.84. The summed E-state index contributed by atoms with van der Waals surface area (Å²) in [4.78, 5) is 14.2. The predicted molar refractivity (Wildman–Crippen MR) is 82.7 cm³/mol. The molecule has 2 N–H and O–H groups in total. The zero-order chi connectivity index (χ0) is 15.5. The van der Waals surface area contributed by atoms with Gasteiger partial charge in [0.05, 0.1) is 18.8 Å². The van der Waals surface area contributed by atoms with Crippen molar-refractivity contribution in [3.63, 3.8) is 0 Å². The summed E-state index contributed by atoms with van der Waals surface area (Å²) in [5, 5.41) is 19.1. The Morgan fingerprint density at radius 2 is 1.90 bits per heavy atom. The number of aliphatic hydroxyl groups is 2. The largest absolute Gasteiger partial charge is 0.394 e. The number of hydrogen-bond donors (Lipinski definition) is 2. The molecule has 1 heterocycles. The Bertz CT molecular complexity index is 529. The zero-order valence-electron chi connectivity index (χ0n) is 12.7. The van der Waals surface area contributed by atoms with Gasteiger partial charge in [-0.1, -0.05) is 29.8 Å². The van der Waals surface area contributed by atoms with Gasteiger partial charge in [0.1, 0.15) is 0 Å². The Hall–Kier alpha value is -1.65. The van der Waals surface area contributed by atoms with E-state index < -0.39 is 5.54 Å². The van der Waals surface area contributed by atoms with Gasteiger partial charge < -0.3 is 15.1 Å². The molecule has 0 spiro atoms. The summed E-state index contributed by atoms with van der Waals surface area (Å²) < 4.78 is 0. The molecule has 1 saturated heterocycles. The van der Waals surface area contributed by atoms with E-state index in [1.807, 2.05) is 37.3 Å². The van der Waals surface area contributed by atoms with Gasteiger partial charge in [0.15, 0.2) is 0 Å². The molecule has 1 aliphatic rings. The molecule has 1 aromatic carbocycles. The molecule has 4 heteroatoms. The third-order valence-corrected chi connectivity index (χ3v) is 4.23. The van der Waals surface area contributed by atoms with Gasteiger partial charge in [0.2, 0.25) is 5.91 Å². The number of likely N-dealkylation sites (tertiary alicyclic amines) is 1. The molecule has 2 rings (SSSR count). The van der Waals surface area contributed by atoms with E-state index in [0.717, 1.165) is 12.0 Å². The summed E-state index contributed by atoms with van der Waals surface area (Å²) in [6, 6.07) is 7.96. The van der Waals surface area contributed by atoms with E-state index in [-0.39, 0.29) is 19.1 Å². The number of aryl methyl sites for hydroxylation is 1. The lowest BCUT2D eigenvalue weighted by atomic mass is 9.97. The first kappa shape index (κ1) is 15.7. The van der Waals surface area contributed by atoms with Crippen molar-refractivity contribution >= 4 is 12.0 Å². The number of carbonyl (C=O) groups excluding carboxylic acids is 1. The molecular weight excluding hydrogens is 266 g/mol. The van der Waals surface area contributed by atoms with Gasteiger partial charge in [-0.2, -0.15) is 0 Å². The Kier molecular flexibility index (Phi) is 4.80. The van der Waals surface area contributed by atoms with Gasteiger partial charge in [-0.3, -0.25) is 4.79 Å². The van der Waals surface area contributed by atoms with E-state index in [2.05, 4.69) is 0 Å². The fraction of sp³-hybridized carbons (Fsp3) is 0.471. The highest BCUT2D eigenvalue weighted by Crippen LogP contribution is 2.30. The summed E-state index contributed by atoms with van der Waals surface area (Å²) in [5.74, 6) is -0.115. The summed E-state index contributed by atoms with van der Waals surface area (Å²) in [5.41, 5.74) is 1.96. The molecule has 0 radical (unpaired) electrons. The van der Waals surface area contributed by atoms with Crippen molar-refractivity contribution in [1.29, 1.82) is 0 Å². The first-order valence-electron chi connectivity index (χ1n) is 7.31. The van der Waals surface area contributed by atoms with E-state index in [4.69, 9.17) is 0 Å². The Balaban J connectivity index is 2.20. The van der Waals surface area contributed by atoms with E-state index in [9.17, 15) is 15.0 Å². The molecule has 0 aliphatic carbocycles. The molecule has 1 aliphatic heterocycles. The van der Waals surface area contributed by atoms with Crippen LogP contribution in [0.15, 0.2) is 29.8 Å². The summed E-state index contributed by atoms with van der Waals surface area (Å²) in [6.45, 7) is 3.98. The molecule has 0 aromatic heterocycles. The topological polar surface area (TPSA) is 60.8 Å². The SMILES string of the molecule is CC(=Cc1ccc(C)cc1)C(=O)N1CCCC1(CO)CO. The first-order chi connectivity index (χ1) is 10.0. The zero-order valence-corrected chi connectivity index (χ0v) is 12.7. The van der Waals surface area contributed by atoms with Crippen LogP contribution in [0.4, 0.5) is 0 Å². The van der Waals surface area contributed by atoms with Crippen molar-refractivity contribution in [2.24, 2.45) is 0 Å². The van der Waals surface area contributed by atoms with E-state index in [1.165, 1.54) is 5.56 Å². The molecule has 0 bridgehead atoms. The van der Waals surface area contributed by atoms with Crippen LogP contribution in [0, 0.1) is 6.92 Å². The molecule has 114 valence electrons. The normalized spacial score (nSPS) is 18.1. The van der Waals surface area contributed by atoms with Crippen molar-refractivity contribution in [1.82, 2.24) is 4.90 Å². The molecule has 1 fully saturated rings. The second-order valence-electron chi connectivity index (χ2n) is 5.84. The van der Waals surface area contributed by atoms with Gasteiger partial charge in [0.25, 0.3) is 0 Å². The van der Waals surface area contributed by atoms with Crippen LogP contribution in [0.3, 0.4) is 0 Å². The number of carbonyl (C=O) groups is 1. The number of benzene rings is 1. The predicted octanol–water partition coefficient (Wildman–Crippen LogP) is 1.74. The fourth-order valence-electron chi connectivity index (χ4n) is 2.82. The minimum absolute atomic E-state index is 0.115. The number of amides is 1. The van der Waals surface area contributed by atoms with Crippen molar-refractivity contribution < 1.29 is 15.0 Å². The van der Waals surface area contributed by atoms with Crippen LogP contribution in [-0.4, -0.2) is 46.3 Å². The number of nitrogens with zero attached hydrogens (tertiary/aromatic N) is 1. The van der Waals surface area contributed by atoms with Crippen LogP contribution < -0.4 is 0 Å². The number of aliphatic hydroxyl groups excluding tert-OH is 2. The molecule has 0 unspecified atom stereocenters. The molecule has 0 atom stereocenters. The highest BCUT2D eigenvalue weighted by Gasteiger charge is 2.42. The summed E-state index contributed by atoms with van der Waals surface area (Å²) in [7, 11) is 0. The second kappa shape index (κ2) is 6.41. The summed E-state index contributed by atoms with van der Waals surface area (Å²) in [6.07, 6.45) is 3.30. The maximum atomic E-state index is 12.6. The van der Waals surface area contributed by atoms with Gasteiger partial charge in [-0.25, -0.2) is 0 Å². The number of rotatable bonds is 4. The van der Waals surface area contributed by atoms with Crippen LogP contribution >= 0.6 is 0 Å². The van der Waals surface area contributed by atoms with Gasteiger partial charge in [-0.15, -0.1) is 0 Å². The standard InChI is InChI=1S/C17H23NO3/c1-13-4-6-15(7-5-13)10-14(2)16(21)18-9-3-8-17(18,11-19)12-20/h4-7,10,19-20H,3,8-9,11-12H2,1-2H3. The van der Waals surface area contributed by atoms with Crippen molar-refractivity contribution in [2.75, 3.05) is 19.8 Å². The lowest BCUT2D eigenvalue weighted by molar-refractivity contribution is -0.134. The molecule has 4 nitrogen and oxygen atoms in total. The maximum Gasteiger partial charge on any atom is 0.250 e. The lowest BCUT2D eigenvalue weighted by Gasteiger charge is -2.35. The quantitative estimate of drug-likeness (QED) is 0.830. The van der Waals surface area contributed by atoms with E-state index >= 15 is 0 Å². The van der Waals surface area contributed by atoms with Crippen LogP contribution in [0.2, 0.25) is 0 Å². The highest BCUT2D eigenvalue weighted by molar-refractivity contribution is 5.97. The Morgan fingerprint density at radius 3 is 2.48 bits per heavy atom. The number of hydrogen-bond acceptors (Lipinski definition) is 3. The average molecular weight is 289 g/mol. The van der Waals surface area contributed by atoms with Crippen molar-refractivity contribution in [3.05, 3.63) is 41.0 Å². The third kappa shape index (κ3) is 3.17. The van der Waals surface area contributed by atoms with Gasteiger partial charge >= 0.3 is 0 Å². The lowest BCUT2D eigenvalue weighted by Crippen LogP contribution is -2.52. The van der Waals surface area contributed by atoms with Crippen LogP contribution in [0.25, 0.3) is 6.08 Å². The van der Waals surface area contributed by atoms with E-state index in [1.54, 1.807) is 11.8 Å². The molecule has 0 saturated carbocycles. The molecule has 1 aromatic rings. The third-order valence-electron chi connectivity index (χ3n) is 4.23. The fourth-order valence-corrected chi connectivity index (χ4v) is 2.82. The minimum atomic E-state index is -0.806. The molecule has 21 heavy (non-hydrogen) atoms. The minimum Gasteiger partial charge on any atom is -0.394 e. The first-order valence-corrected chi connectivity index (χ1v) is 7.31. The Labute approximate surface area is 125 Å². The average Bonchev–Trinajstić information content (AvgIpc) is 2.93. The van der Waals surface area contributed by atoms with Gasteiger partial charge in [0, 0.05) is 12.1 Å². The van der Waals surface area contributed by atoms with Crippen LogP contribution in [-0.2, 0) is 4.79 Å². The highest BCUT2D eigenvalue weighted by atomic mass is 16.3. The van der Waals surface area contributed by atoms with E-state index in [0.29, 0.717) is 18.5 Å². The maximum absolute atomic E-state index is 12.6. The molecule has 1 amide bonds.